The summed E-state index contributed by atoms with van der Waals surface area (Å²) in [5.74, 6) is 0. The van der Waals surface area contributed by atoms with Crippen molar-refractivity contribution in [3.05, 3.63) is 52.8 Å². The number of carbonyl (C=O) groups is 1. The monoisotopic (exact) mass is 509 g/mol. The van der Waals surface area contributed by atoms with Gasteiger partial charge in [-0.1, -0.05) is 42.0 Å². The summed E-state index contributed by atoms with van der Waals surface area (Å²) in [5, 5.41) is 23.8. The molecule has 2 fully saturated rings. The summed E-state index contributed by atoms with van der Waals surface area (Å²) in [7, 11) is 0. The Balaban J connectivity index is 1.52. The molecular formula is C25H24ClN5O3S. The molecule has 2 saturated heterocycles. The molecule has 2 amide bonds. The third kappa shape index (κ3) is 4.50. The number of urea groups is 1. The smallest absolute Gasteiger partial charge is 0.323 e. The number of carbonyl (C=O) groups excluding carboxylic acids is 1. The molecule has 4 heterocycles. The molecule has 1 spiro atoms. The van der Waals surface area contributed by atoms with Crippen molar-refractivity contribution in [3.8, 4) is 27.8 Å². The van der Waals surface area contributed by atoms with E-state index in [1.807, 2.05) is 13.0 Å². The van der Waals surface area contributed by atoms with Crippen LogP contribution in [0.3, 0.4) is 0 Å². The molecular weight excluding hydrogens is 486 g/mol. The summed E-state index contributed by atoms with van der Waals surface area (Å²) in [6, 6.07) is 12.6. The Bertz CT molecular complexity index is 1340. The van der Waals surface area contributed by atoms with Crippen LogP contribution in [-0.4, -0.2) is 52.3 Å². The molecule has 0 radical (unpaired) electrons. The number of nitrogens with one attached hydrogen (secondary N) is 1. The zero-order valence-electron chi connectivity index (χ0n) is 19.3. The third-order valence-electron chi connectivity index (χ3n) is 6.56. The number of nitriles is 1. The van der Waals surface area contributed by atoms with Crippen LogP contribution in [0.15, 0.2) is 36.4 Å². The summed E-state index contributed by atoms with van der Waals surface area (Å²) in [4.78, 5) is 24.4. The number of aliphatic hydroxyl groups is 1. The predicted octanol–water partition coefficient (Wildman–Crippen LogP) is 4.88. The largest absolute Gasteiger partial charge is 0.384 e. The Hall–Kier alpha value is -3.03. The van der Waals surface area contributed by atoms with Gasteiger partial charge in [-0.3, -0.25) is 5.32 Å². The van der Waals surface area contributed by atoms with E-state index >= 15 is 0 Å². The quantitative estimate of drug-likeness (QED) is 0.474. The Morgan fingerprint density at radius 3 is 2.74 bits per heavy atom. The Morgan fingerprint density at radius 1 is 1.31 bits per heavy atom. The molecule has 0 saturated carbocycles. The topological polar surface area (TPSA) is 111 Å². The molecule has 2 aliphatic heterocycles. The van der Waals surface area contributed by atoms with E-state index in [-0.39, 0.29) is 16.6 Å². The number of anilines is 1. The number of thiazole rings is 1. The van der Waals surface area contributed by atoms with E-state index in [4.69, 9.17) is 21.3 Å². The summed E-state index contributed by atoms with van der Waals surface area (Å²) in [6.07, 6.45) is 0.462. The molecule has 5 rings (SSSR count). The number of hydrogen-bond donors (Lipinski definition) is 2. The van der Waals surface area contributed by atoms with E-state index < -0.39 is 5.60 Å². The zero-order valence-corrected chi connectivity index (χ0v) is 20.9. The van der Waals surface area contributed by atoms with Crippen molar-refractivity contribution >= 4 is 34.1 Å². The third-order valence-corrected chi connectivity index (χ3v) is 7.77. The Labute approximate surface area is 212 Å². The first-order valence-electron chi connectivity index (χ1n) is 11.3. The van der Waals surface area contributed by atoms with Crippen LogP contribution in [0.1, 0.15) is 31.5 Å². The highest BCUT2D eigenvalue weighted by Crippen LogP contribution is 2.42. The lowest BCUT2D eigenvalue weighted by atomic mass is 9.78. The van der Waals surface area contributed by atoms with E-state index in [1.54, 1.807) is 42.2 Å². The molecule has 10 heteroatoms. The number of nitrogens with zero attached hydrogens (tertiary/aromatic N) is 4. The van der Waals surface area contributed by atoms with Gasteiger partial charge in [-0.25, -0.2) is 14.8 Å². The van der Waals surface area contributed by atoms with E-state index in [2.05, 4.69) is 16.4 Å². The van der Waals surface area contributed by atoms with Crippen LogP contribution in [0, 0.1) is 16.7 Å². The van der Waals surface area contributed by atoms with Crippen LogP contribution in [0.25, 0.3) is 21.7 Å². The fraction of sp³-hybridized carbons (Fsp3) is 0.360. The lowest BCUT2D eigenvalue weighted by Gasteiger charge is -2.54. The summed E-state index contributed by atoms with van der Waals surface area (Å²) >= 11 is 7.66. The van der Waals surface area contributed by atoms with Crippen LogP contribution < -0.4 is 5.32 Å². The minimum absolute atomic E-state index is 0.120. The van der Waals surface area contributed by atoms with Crippen LogP contribution in [0.2, 0.25) is 5.15 Å². The Kier molecular flexibility index (Phi) is 6.01. The van der Waals surface area contributed by atoms with Gasteiger partial charge in [-0.05, 0) is 43.2 Å². The molecule has 1 atom stereocenters. The Morgan fingerprint density at radius 2 is 2.09 bits per heavy atom. The highest BCUT2D eigenvalue weighted by molar-refractivity contribution is 7.19. The minimum Gasteiger partial charge on any atom is -0.384 e. The number of benzene rings is 1. The normalized spacial score (nSPS) is 17.7. The van der Waals surface area contributed by atoms with E-state index in [0.29, 0.717) is 54.8 Å². The summed E-state index contributed by atoms with van der Waals surface area (Å²) in [5.41, 5.74) is 1.99. The van der Waals surface area contributed by atoms with Gasteiger partial charge in [0.1, 0.15) is 10.8 Å². The first-order valence-corrected chi connectivity index (χ1v) is 12.5. The summed E-state index contributed by atoms with van der Waals surface area (Å²) in [6.45, 7) is 6.30. The summed E-state index contributed by atoms with van der Waals surface area (Å²) < 4.78 is 5.29. The number of amides is 2. The predicted molar refractivity (Wildman–Crippen MR) is 134 cm³/mol. The van der Waals surface area contributed by atoms with Gasteiger partial charge in [0.25, 0.3) is 0 Å². The lowest BCUT2D eigenvalue weighted by molar-refractivity contribution is -0.174. The highest BCUT2D eigenvalue weighted by atomic mass is 35.5. The molecule has 2 aliphatic rings. The van der Waals surface area contributed by atoms with Crippen molar-refractivity contribution < 1.29 is 14.6 Å². The van der Waals surface area contributed by atoms with E-state index in [9.17, 15) is 15.2 Å². The number of rotatable bonds is 5. The second-order valence-electron chi connectivity index (χ2n) is 9.36. The highest BCUT2D eigenvalue weighted by Gasteiger charge is 2.50. The molecule has 35 heavy (non-hydrogen) atoms. The maximum Gasteiger partial charge on any atom is 0.323 e. The number of hydrogen-bond acceptors (Lipinski definition) is 7. The molecule has 0 aliphatic carbocycles. The van der Waals surface area contributed by atoms with Gasteiger partial charge in [0.2, 0.25) is 0 Å². The van der Waals surface area contributed by atoms with Crippen molar-refractivity contribution in [1.82, 2.24) is 14.9 Å². The van der Waals surface area contributed by atoms with Gasteiger partial charge >= 0.3 is 6.03 Å². The van der Waals surface area contributed by atoms with E-state index in [0.717, 1.165) is 16.0 Å². The van der Waals surface area contributed by atoms with Crippen molar-refractivity contribution in [1.29, 1.82) is 5.26 Å². The lowest BCUT2D eigenvalue weighted by Crippen LogP contribution is -2.67. The first-order chi connectivity index (χ1) is 16.7. The van der Waals surface area contributed by atoms with Crippen LogP contribution in [0.5, 0.6) is 0 Å². The number of aromatic nitrogens is 2. The van der Waals surface area contributed by atoms with Gasteiger partial charge in [0, 0.05) is 18.7 Å². The maximum absolute atomic E-state index is 12.8. The molecule has 1 unspecified atom stereocenters. The number of ether oxygens (including phenoxy) is 1. The SMILES string of the molecule is CCC(C)(O)c1cc(-c2sc(NC(=O)N3CC4(COC4)C3)nc2-c2cccc(C#N)c2)cc(Cl)n1. The molecule has 2 aromatic heterocycles. The number of likely N-dealkylation sites (tertiary alicyclic amines) is 1. The molecule has 8 nitrogen and oxygen atoms in total. The van der Waals surface area contributed by atoms with Crippen molar-refractivity contribution in [3.63, 3.8) is 0 Å². The van der Waals surface area contributed by atoms with Crippen molar-refractivity contribution in [2.45, 2.75) is 25.9 Å². The molecule has 3 aromatic rings. The molecule has 1 aromatic carbocycles. The molecule has 2 N–H and O–H groups in total. The van der Waals surface area contributed by atoms with Gasteiger partial charge in [0.05, 0.1) is 46.5 Å². The molecule has 0 bridgehead atoms. The second-order valence-corrected chi connectivity index (χ2v) is 10.7. The number of halogens is 1. The van der Waals surface area contributed by atoms with Gasteiger partial charge < -0.3 is 14.7 Å². The van der Waals surface area contributed by atoms with E-state index in [1.165, 1.54) is 11.3 Å². The minimum atomic E-state index is -1.15. The van der Waals surface area contributed by atoms with Crippen molar-refractivity contribution in [2.75, 3.05) is 31.6 Å². The van der Waals surface area contributed by atoms with Crippen LogP contribution in [-0.2, 0) is 10.3 Å². The fourth-order valence-corrected chi connectivity index (χ4v) is 5.41. The van der Waals surface area contributed by atoms with Crippen molar-refractivity contribution in [2.24, 2.45) is 5.41 Å². The zero-order chi connectivity index (χ0) is 24.8. The van der Waals surface area contributed by atoms with Gasteiger partial charge in [-0.15, -0.1) is 0 Å². The second kappa shape index (κ2) is 8.88. The standard InChI is InChI=1S/C25H24ClN5O3S/c1-3-24(2,33)18-8-17(9-19(26)28-18)21-20(16-6-4-5-15(7-16)10-27)29-22(35-21)30-23(32)31-11-25(12-31)13-34-14-25/h4-9,33H,3,11-14H2,1-2H3,(H,29,30,32). The fourth-order valence-electron chi connectivity index (χ4n) is 4.24. The van der Waals surface area contributed by atoms with Gasteiger partial charge in [-0.2, -0.15) is 5.26 Å². The molecule has 180 valence electrons. The first kappa shape index (κ1) is 23.7. The van der Waals surface area contributed by atoms with Crippen LogP contribution in [0.4, 0.5) is 9.93 Å². The van der Waals surface area contributed by atoms with Crippen LogP contribution >= 0.6 is 22.9 Å². The average molecular weight is 510 g/mol. The average Bonchev–Trinajstić information content (AvgIpc) is 3.20. The van der Waals surface area contributed by atoms with Gasteiger partial charge in [0.15, 0.2) is 5.13 Å². The maximum atomic E-state index is 12.8. The number of pyridine rings is 1.